The summed E-state index contributed by atoms with van der Waals surface area (Å²) in [4.78, 5) is 20.5. The van der Waals surface area contributed by atoms with Crippen molar-refractivity contribution in [3.8, 4) is 17.8 Å². The van der Waals surface area contributed by atoms with Crippen LogP contribution in [0.5, 0.6) is 17.8 Å². The van der Waals surface area contributed by atoms with Crippen molar-refractivity contribution in [2.24, 2.45) is 0 Å². The van der Waals surface area contributed by atoms with Crippen molar-refractivity contribution >= 4 is 5.97 Å². The summed E-state index contributed by atoms with van der Waals surface area (Å²) in [7, 11) is 4.30. The lowest BCUT2D eigenvalue weighted by Crippen LogP contribution is -2.49. The third-order valence-electron chi connectivity index (χ3n) is 4.44. The van der Waals surface area contributed by atoms with Crippen LogP contribution >= 0.6 is 0 Å². The van der Waals surface area contributed by atoms with Gasteiger partial charge in [0.1, 0.15) is 5.60 Å². The zero-order valence-electron chi connectivity index (χ0n) is 17.4. The molecular weight excluding hydrogens is 388 g/mol. The number of rotatable bonds is 11. The minimum Gasteiger partial charge on any atom is -0.481 e. The van der Waals surface area contributed by atoms with Crippen LogP contribution in [0.15, 0.2) is 60.7 Å². The Bertz CT molecular complexity index is 862. The maximum Gasteiger partial charge on any atom is 0.348 e. The first-order valence-corrected chi connectivity index (χ1v) is 9.25. The number of aliphatic carboxylic acids is 1. The van der Waals surface area contributed by atoms with Crippen LogP contribution in [0.3, 0.4) is 0 Å². The number of benzene rings is 1. The first-order chi connectivity index (χ1) is 14.5. The maximum absolute atomic E-state index is 12.3. The van der Waals surface area contributed by atoms with E-state index >= 15 is 0 Å². The van der Waals surface area contributed by atoms with Gasteiger partial charge in [-0.05, 0) is 12.5 Å². The van der Waals surface area contributed by atoms with Crippen molar-refractivity contribution in [2.75, 3.05) is 21.3 Å². The Morgan fingerprint density at radius 2 is 1.73 bits per heavy atom. The summed E-state index contributed by atoms with van der Waals surface area (Å²) < 4.78 is 21.8. The lowest BCUT2D eigenvalue weighted by molar-refractivity contribution is -0.166. The molecule has 0 aliphatic heterocycles. The van der Waals surface area contributed by atoms with Gasteiger partial charge in [-0.2, -0.15) is 9.97 Å². The van der Waals surface area contributed by atoms with Crippen LogP contribution in [-0.2, 0) is 15.1 Å². The molecule has 0 radical (unpaired) electrons. The molecular formula is C22H26N2O6. The highest BCUT2D eigenvalue weighted by Crippen LogP contribution is 2.36. The second-order valence-electron chi connectivity index (χ2n) is 6.19. The monoisotopic (exact) mass is 414 g/mol. The van der Waals surface area contributed by atoms with E-state index in [-0.39, 0.29) is 24.2 Å². The highest BCUT2D eigenvalue weighted by atomic mass is 16.6. The van der Waals surface area contributed by atoms with Gasteiger partial charge in [0.2, 0.25) is 17.9 Å². The zero-order valence-corrected chi connectivity index (χ0v) is 17.4. The largest absolute Gasteiger partial charge is 0.481 e. The molecule has 1 N–H and O–H groups in total. The minimum absolute atomic E-state index is 0.177. The van der Waals surface area contributed by atoms with Crippen LogP contribution in [0.4, 0.5) is 0 Å². The Balaban J connectivity index is 2.55. The van der Waals surface area contributed by atoms with Crippen LogP contribution in [0.2, 0.25) is 0 Å². The summed E-state index contributed by atoms with van der Waals surface area (Å²) in [5.74, 6) is -0.876. The second kappa shape index (κ2) is 11.0. The molecule has 0 saturated carbocycles. The van der Waals surface area contributed by atoms with E-state index in [2.05, 4.69) is 9.97 Å². The Kier molecular flexibility index (Phi) is 8.37. The average Bonchev–Trinajstić information content (AvgIpc) is 2.78. The fourth-order valence-electron chi connectivity index (χ4n) is 2.93. The molecule has 0 bridgehead atoms. The quantitative estimate of drug-likeness (QED) is 0.559. The number of carboxylic acid groups (broad SMARTS) is 1. The Labute approximate surface area is 175 Å². The molecule has 8 nitrogen and oxygen atoms in total. The summed E-state index contributed by atoms with van der Waals surface area (Å²) in [6, 6.07) is 10.3. The summed E-state index contributed by atoms with van der Waals surface area (Å²) in [6.07, 6.45) is 6.13. The van der Waals surface area contributed by atoms with Crippen LogP contribution in [0.25, 0.3) is 0 Å². The third kappa shape index (κ3) is 5.36. The molecule has 0 spiro atoms. The van der Waals surface area contributed by atoms with Crippen molar-refractivity contribution < 1.29 is 28.8 Å². The van der Waals surface area contributed by atoms with E-state index in [0.717, 1.165) is 0 Å². The Morgan fingerprint density at radius 3 is 2.23 bits per heavy atom. The van der Waals surface area contributed by atoms with E-state index in [1.807, 2.05) is 49.4 Å². The van der Waals surface area contributed by atoms with Gasteiger partial charge < -0.3 is 24.1 Å². The smallest absolute Gasteiger partial charge is 0.348 e. The number of nitrogens with zero attached hydrogens (tertiary/aromatic N) is 2. The summed E-state index contributed by atoms with van der Waals surface area (Å²) in [6.45, 7) is 1.89. The third-order valence-corrected chi connectivity index (χ3v) is 4.44. The topological polar surface area (TPSA) is 100 Å². The number of hydrogen-bond donors (Lipinski definition) is 1. The summed E-state index contributed by atoms with van der Waals surface area (Å²) in [5, 5.41) is 10.1. The van der Waals surface area contributed by atoms with Gasteiger partial charge in [-0.3, -0.25) is 0 Å². The molecule has 1 heterocycles. The zero-order chi connectivity index (χ0) is 22.0. The predicted octanol–water partition coefficient (Wildman–Crippen LogP) is 3.39. The van der Waals surface area contributed by atoms with E-state index in [9.17, 15) is 9.90 Å². The van der Waals surface area contributed by atoms with Gasteiger partial charge in [0.15, 0.2) is 0 Å². The van der Waals surface area contributed by atoms with Crippen LogP contribution < -0.4 is 14.2 Å². The predicted molar refractivity (Wildman–Crippen MR) is 111 cm³/mol. The fourth-order valence-corrected chi connectivity index (χ4v) is 2.93. The second-order valence-corrected chi connectivity index (χ2v) is 6.19. The highest BCUT2D eigenvalue weighted by Gasteiger charge is 2.47. The van der Waals surface area contributed by atoms with Crippen molar-refractivity contribution in [3.05, 3.63) is 66.3 Å². The summed E-state index contributed by atoms with van der Waals surface area (Å²) >= 11 is 0. The van der Waals surface area contributed by atoms with E-state index in [0.29, 0.717) is 5.56 Å². The van der Waals surface area contributed by atoms with Gasteiger partial charge in [-0.1, -0.05) is 54.6 Å². The van der Waals surface area contributed by atoms with E-state index < -0.39 is 17.7 Å². The van der Waals surface area contributed by atoms with Gasteiger partial charge in [-0.25, -0.2) is 4.79 Å². The molecule has 0 aliphatic carbocycles. The van der Waals surface area contributed by atoms with Crippen molar-refractivity contribution in [1.82, 2.24) is 9.97 Å². The van der Waals surface area contributed by atoms with Gasteiger partial charge >= 0.3 is 12.0 Å². The molecule has 0 saturated heterocycles. The highest BCUT2D eigenvalue weighted by molar-refractivity contribution is 5.75. The molecule has 8 heteroatoms. The number of ether oxygens (including phenoxy) is 4. The van der Waals surface area contributed by atoms with Crippen molar-refractivity contribution in [2.45, 2.75) is 25.0 Å². The van der Waals surface area contributed by atoms with Gasteiger partial charge in [0.25, 0.3) is 0 Å². The molecule has 30 heavy (non-hydrogen) atoms. The summed E-state index contributed by atoms with van der Waals surface area (Å²) in [5.41, 5.74) is -0.704. The normalized spacial score (nSPS) is 14.4. The lowest BCUT2D eigenvalue weighted by atomic mass is 9.84. The Morgan fingerprint density at radius 1 is 1.10 bits per heavy atom. The van der Waals surface area contributed by atoms with E-state index in [1.165, 1.54) is 27.4 Å². The van der Waals surface area contributed by atoms with Gasteiger partial charge in [-0.15, -0.1) is 0 Å². The first-order valence-electron chi connectivity index (χ1n) is 9.25. The molecule has 160 valence electrons. The molecule has 0 aliphatic rings. The molecule has 2 aromatic rings. The number of carboxylic acids is 1. The number of carbonyl (C=O) groups is 1. The van der Waals surface area contributed by atoms with Crippen LogP contribution in [-0.4, -0.2) is 48.5 Å². The van der Waals surface area contributed by atoms with E-state index in [4.69, 9.17) is 18.9 Å². The van der Waals surface area contributed by atoms with Crippen LogP contribution in [0.1, 0.15) is 18.9 Å². The maximum atomic E-state index is 12.3. The van der Waals surface area contributed by atoms with Gasteiger partial charge in [0, 0.05) is 13.5 Å². The molecule has 1 aromatic heterocycles. The molecule has 2 rings (SSSR count). The van der Waals surface area contributed by atoms with Gasteiger partial charge in [0.05, 0.1) is 20.3 Å². The fraction of sp³-hybridized carbons (Fsp3) is 0.318. The number of hydrogen-bond acceptors (Lipinski definition) is 7. The SMILES string of the molecule is C/C=C\C=C/CC(OC)(c1ccccc1)C(Oc1nc(OC)cc(OC)n1)C(=O)O. The number of methoxy groups -OCH3 is 3. The number of allylic oxidation sites excluding steroid dienone is 3. The molecule has 1 aromatic carbocycles. The molecule has 0 amide bonds. The Hall–Kier alpha value is -3.39. The molecule has 2 unspecified atom stereocenters. The molecule has 2 atom stereocenters. The first kappa shape index (κ1) is 22.9. The average molecular weight is 414 g/mol. The molecule has 0 fully saturated rings. The lowest BCUT2D eigenvalue weighted by Gasteiger charge is -2.36. The van der Waals surface area contributed by atoms with Crippen LogP contribution in [0, 0.1) is 0 Å². The number of aromatic nitrogens is 2. The minimum atomic E-state index is -1.46. The van der Waals surface area contributed by atoms with Crippen molar-refractivity contribution in [3.63, 3.8) is 0 Å². The standard InChI is InChI=1S/C22H26N2O6/c1-5-6-7-11-14-22(29-4,16-12-9-8-10-13-16)19(20(25)26)30-21-23-17(27-2)15-18(24-21)28-3/h5-13,15,19H,14H2,1-4H3,(H,25,26)/b6-5-,11-7-. The van der Waals surface area contributed by atoms with E-state index in [1.54, 1.807) is 12.1 Å². The van der Waals surface area contributed by atoms with Crippen molar-refractivity contribution in [1.29, 1.82) is 0 Å².